The average molecular weight is 242 g/mol. The minimum absolute atomic E-state index is 0.0475. The zero-order valence-corrected chi connectivity index (χ0v) is 8.98. The fourth-order valence-electron chi connectivity index (χ4n) is 1.48. The van der Waals surface area contributed by atoms with E-state index in [0.29, 0.717) is 0 Å². The molecule has 0 bridgehead atoms. The Morgan fingerprint density at radius 3 is 2.59 bits per heavy atom. The van der Waals surface area contributed by atoms with Crippen LogP contribution in [0.3, 0.4) is 0 Å². The molecule has 0 radical (unpaired) electrons. The van der Waals surface area contributed by atoms with Crippen molar-refractivity contribution in [3.05, 3.63) is 33.9 Å². The van der Waals surface area contributed by atoms with Gasteiger partial charge in [0, 0.05) is 0 Å². The molecule has 1 rings (SSSR count). The molecule has 0 fully saturated rings. The summed E-state index contributed by atoms with van der Waals surface area (Å²) < 4.78 is 0. The van der Waals surface area contributed by atoms with Crippen molar-refractivity contribution in [3.8, 4) is 5.75 Å². The van der Waals surface area contributed by atoms with Gasteiger partial charge in [0.05, 0.1) is 22.7 Å². The van der Waals surface area contributed by atoms with Crippen LogP contribution < -0.4 is 5.73 Å². The lowest BCUT2D eigenvalue weighted by Gasteiger charge is -2.17. The number of nitrogens with two attached hydrogens (primary N) is 1. The number of hydrogen-bond donors (Lipinski definition) is 4. The largest absolute Gasteiger partial charge is 0.508 e. The third-order valence-electron chi connectivity index (χ3n) is 2.36. The van der Waals surface area contributed by atoms with Gasteiger partial charge < -0.3 is 21.1 Å². The van der Waals surface area contributed by atoms with Gasteiger partial charge in [-0.25, -0.2) is 0 Å². The molecule has 17 heavy (non-hydrogen) atoms. The molecule has 0 spiro atoms. The highest BCUT2D eigenvalue weighted by Crippen LogP contribution is 2.31. The number of phenols is 1. The van der Waals surface area contributed by atoms with Gasteiger partial charge in [-0.05, 0) is 25.1 Å². The fraction of sp³-hybridized carbons (Fsp3) is 0.400. The third kappa shape index (κ3) is 3.13. The molecule has 0 saturated carbocycles. The fourth-order valence-corrected chi connectivity index (χ4v) is 1.48. The first-order valence-electron chi connectivity index (χ1n) is 5.01. The average Bonchev–Trinajstić information content (AvgIpc) is 2.28. The molecule has 94 valence electrons. The van der Waals surface area contributed by atoms with E-state index in [0.717, 1.165) is 6.07 Å². The van der Waals surface area contributed by atoms with Gasteiger partial charge in [-0.1, -0.05) is 0 Å². The Labute approximate surface area is 97.3 Å². The van der Waals surface area contributed by atoms with E-state index in [1.54, 1.807) is 0 Å². The van der Waals surface area contributed by atoms with Gasteiger partial charge in [0.15, 0.2) is 0 Å². The number of rotatable bonds is 5. The molecule has 1 aromatic rings. The quantitative estimate of drug-likeness (QED) is 0.426. The van der Waals surface area contributed by atoms with Crippen LogP contribution in [0.2, 0.25) is 0 Å². The number of aliphatic hydroxyl groups excluding tert-OH is 2. The van der Waals surface area contributed by atoms with E-state index in [1.165, 1.54) is 12.1 Å². The Kier molecular flexibility index (Phi) is 4.38. The SMILES string of the molecule is NCCC(O)C(O)c1ccc(O)cc1[N+](=O)[O-]. The molecular weight excluding hydrogens is 228 g/mol. The van der Waals surface area contributed by atoms with E-state index in [9.17, 15) is 20.3 Å². The Hall–Kier alpha value is -1.70. The zero-order valence-electron chi connectivity index (χ0n) is 8.98. The standard InChI is InChI=1S/C10H14N2O5/c11-4-3-9(14)10(15)7-2-1-6(13)5-8(7)12(16)17/h1-2,5,9-10,13-15H,3-4,11H2. The molecule has 5 N–H and O–H groups in total. The van der Waals surface area contributed by atoms with Crippen LogP contribution in [0.1, 0.15) is 18.1 Å². The topological polar surface area (TPSA) is 130 Å². The highest BCUT2D eigenvalue weighted by Gasteiger charge is 2.26. The van der Waals surface area contributed by atoms with Crippen LogP contribution in [-0.2, 0) is 0 Å². The van der Waals surface area contributed by atoms with E-state index in [4.69, 9.17) is 10.8 Å². The van der Waals surface area contributed by atoms with Crippen molar-refractivity contribution in [1.82, 2.24) is 0 Å². The maximum absolute atomic E-state index is 10.7. The molecule has 0 amide bonds. The summed E-state index contributed by atoms with van der Waals surface area (Å²) in [6.45, 7) is 0.157. The van der Waals surface area contributed by atoms with E-state index < -0.39 is 22.8 Å². The van der Waals surface area contributed by atoms with Gasteiger partial charge in [-0.15, -0.1) is 0 Å². The highest BCUT2D eigenvalue weighted by molar-refractivity contribution is 5.47. The molecule has 0 aliphatic heterocycles. The number of nitro benzene ring substituents is 1. The van der Waals surface area contributed by atoms with E-state index in [-0.39, 0.29) is 24.3 Å². The third-order valence-corrected chi connectivity index (χ3v) is 2.36. The lowest BCUT2D eigenvalue weighted by Crippen LogP contribution is -2.22. The van der Waals surface area contributed by atoms with Gasteiger partial charge in [0.25, 0.3) is 5.69 Å². The van der Waals surface area contributed by atoms with Crippen LogP contribution in [-0.4, -0.2) is 32.9 Å². The maximum Gasteiger partial charge on any atom is 0.278 e. The van der Waals surface area contributed by atoms with Crippen molar-refractivity contribution in [3.63, 3.8) is 0 Å². The summed E-state index contributed by atoms with van der Waals surface area (Å²) in [7, 11) is 0. The molecule has 7 heteroatoms. The summed E-state index contributed by atoms with van der Waals surface area (Å²) in [6.07, 6.45) is -2.46. The Morgan fingerprint density at radius 2 is 2.06 bits per heavy atom. The first kappa shape index (κ1) is 13.4. The van der Waals surface area contributed by atoms with Crippen LogP contribution >= 0.6 is 0 Å². The van der Waals surface area contributed by atoms with Crippen LogP contribution in [0, 0.1) is 10.1 Å². The summed E-state index contributed by atoms with van der Waals surface area (Å²) in [5, 5.41) is 39.2. The summed E-state index contributed by atoms with van der Waals surface area (Å²) in [4.78, 5) is 10.0. The lowest BCUT2D eigenvalue weighted by molar-refractivity contribution is -0.386. The monoisotopic (exact) mass is 242 g/mol. The van der Waals surface area contributed by atoms with Gasteiger partial charge in [-0.3, -0.25) is 10.1 Å². The van der Waals surface area contributed by atoms with E-state index in [2.05, 4.69) is 0 Å². The second kappa shape index (κ2) is 5.58. The zero-order chi connectivity index (χ0) is 13.0. The molecule has 0 heterocycles. The van der Waals surface area contributed by atoms with Crippen LogP contribution in [0.25, 0.3) is 0 Å². The molecule has 2 unspecified atom stereocenters. The number of nitro groups is 1. The van der Waals surface area contributed by atoms with Crippen LogP contribution in [0.4, 0.5) is 5.69 Å². The van der Waals surface area contributed by atoms with Crippen LogP contribution in [0.5, 0.6) is 5.75 Å². The molecule has 2 atom stereocenters. The van der Waals surface area contributed by atoms with Gasteiger partial charge in [0.1, 0.15) is 11.9 Å². The van der Waals surface area contributed by atoms with E-state index >= 15 is 0 Å². The highest BCUT2D eigenvalue weighted by atomic mass is 16.6. The normalized spacial score (nSPS) is 14.3. The minimum Gasteiger partial charge on any atom is -0.508 e. The molecule has 1 aromatic carbocycles. The van der Waals surface area contributed by atoms with Crippen molar-refractivity contribution in [2.75, 3.05) is 6.54 Å². The van der Waals surface area contributed by atoms with Crippen LogP contribution in [0.15, 0.2) is 18.2 Å². The van der Waals surface area contributed by atoms with Crippen molar-refractivity contribution >= 4 is 5.69 Å². The predicted octanol–water partition coefficient (Wildman–Crippen LogP) is 0.0435. The minimum atomic E-state index is -1.40. The second-order valence-corrected chi connectivity index (χ2v) is 3.59. The van der Waals surface area contributed by atoms with Crippen molar-refractivity contribution in [2.45, 2.75) is 18.6 Å². The van der Waals surface area contributed by atoms with Gasteiger partial charge >= 0.3 is 0 Å². The lowest BCUT2D eigenvalue weighted by atomic mass is 10.0. The second-order valence-electron chi connectivity index (χ2n) is 3.59. The molecule has 7 nitrogen and oxygen atoms in total. The van der Waals surface area contributed by atoms with Gasteiger partial charge in [0.2, 0.25) is 0 Å². The molecule has 0 aromatic heterocycles. The summed E-state index contributed by atoms with van der Waals surface area (Å²) >= 11 is 0. The molecule has 0 aliphatic carbocycles. The summed E-state index contributed by atoms with van der Waals surface area (Å²) in [5.41, 5.74) is 4.74. The number of aliphatic hydroxyl groups is 2. The summed E-state index contributed by atoms with van der Waals surface area (Å²) in [5.74, 6) is -0.277. The molecule has 0 aliphatic rings. The number of nitrogens with zero attached hydrogens (tertiary/aromatic N) is 1. The molecule has 0 saturated heterocycles. The van der Waals surface area contributed by atoms with Gasteiger partial charge in [-0.2, -0.15) is 0 Å². The van der Waals surface area contributed by atoms with E-state index in [1.807, 2.05) is 0 Å². The predicted molar refractivity (Wildman–Crippen MR) is 59.4 cm³/mol. The number of phenolic OH excluding ortho intramolecular Hbond substituents is 1. The van der Waals surface area contributed by atoms with Crippen molar-refractivity contribution in [2.24, 2.45) is 5.73 Å². The Bertz CT molecular complexity index is 410. The number of aromatic hydroxyl groups is 1. The molecular formula is C10H14N2O5. The Morgan fingerprint density at radius 1 is 1.41 bits per heavy atom. The number of hydrogen-bond acceptors (Lipinski definition) is 6. The Balaban J connectivity index is 3.08. The first-order chi connectivity index (χ1) is 7.97. The number of benzene rings is 1. The summed E-state index contributed by atoms with van der Waals surface area (Å²) in [6, 6.07) is 3.34. The smallest absolute Gasteiger partial charge is 0.278 e. The first-order valence-corrected chi connectivity index (χ1v) is 5.01. The maximum atomic E-state index is 10.7. The van der Waals surface area contributed by atoms with Crippen molar-refractivity contribution < 1.29 is 20.2 Å². The van der Waals surface area contributed by atoms with Crippen molar-refractivity contribution in [1.29, 1.82) is 0 Å².